The van der Waals surface area contributed by atoms with Gasteiger partial charge in [-0.25, -0.2) is 23.1 Å². The molecule has 9 nitrogen and oxygen atoms in total. The zero-order valence-electron chi connectivity index (χ0n) is 15.2. The molecule has 0 radical (unpaired) electrons. The quantitative estimate of drug-likeness (QED) is 0.443. The lowest BCUT2D eigenvalue weighted by Gasteiger charge is -2.11. The first-order valence-corrected chi connectivity index (χ1v) is 9.93. The number of benzene rings is 1. The van der Waals surface area contributed by atoms with Crippen molar-refractivity contribution in [2.75, 3.05) is 13.6 Å². The zero-order chi connectivity index (χ0) is 19.0. The number of sulfonamides is 1. The van der Waals surface area contributed by atoms with Crippen LogP contribution in [-0.2, 0) is 35.9 Å². The maximum absolute atomic E-state index is 11.7. The van der Waals surface area contributed by atoms with Crippen LogP contribution in [0.5, 0.6) is 0 Å². The average Bonchev–Trinajstić information content (AvgIpc) is 3.02. The van der Waals surface area contributed by atoms with Gasteiger partial charge in [0.05, 0.1) is 18.8 Å². The van der Waals surface area contributed by atoms with Crippen LogP contribution < -0.4 is 15.4 Å². The molecule has 0 amide bonds. The summed E-state index contributed by atoms with van der Waals surface area (Å²) >= 11 is 0. The van der Waals surface area contributed by atoms with Crippen LogP contribution in [0.25, 0.3) is 0 Å². The number of aryl methyl sites for hydroxylation is 1. The van der Waals surface area contributed by atoms with E-state index in [1.807, 2.05) is 32.2 Å². The van der Waals surface area contributed by atoms with Gasteiger partial charge in [-0.05, 0) is 25.1 Å². The number of aromatic nitrogens is 3. The number of aliphatic imine (C=N–C) groups is 1. The first-order chi connectivity index (χ1) is 12.4. The highest BCUT2D eigenvalue weighted by atomic mass is 32.2. The molecule has 0 spiro atoms. The van der Waals surface area contributed by atoms with E-state index in [0.29, 0.717) is 19.0 Å². The van der Waals surface area contributed by atoms with Crippen molar-refractivity contribution in [3.8, 4) is 0 Å². The molecule has 2 rings (SSSR count). The van der Waals surface area contributed by atoms with E-state index in [4.69, 9.17) is 0 Å². The molecule has 0 aliphatic carbocycles. The molecule has 0 atom stereocenters. The lowest BCUT2D eigenvalue weighted by atomic mass is 10.1. The number of hydrogen-bond acceptors (Lipinski definition) is 5. The van der Waals surface area contributed by atoms with Gasteiger partial charge < -0.3 is 10.6 Å². The highest BCUT2D eigenvalue weighted by molar-refractivity contribution is 7.88. The van der Waals surface area contributed by atoms with Crippen molar-refractivity contribution in [1.29, 1.82) is 0 Å². The minimum absolute atomic E-state index is 0.0501. The monoisotopic (exact) mass is 379 g/mol. The van der Waals surface area contributed by atoms with E-state index in [2.05, 4.69) is 30.4 Å². The molecule has 2 aromatic rings. The third-order valence-electron chi connectivity index (χ3n) is 3.64. The van der Waals surface area contributed by atoms with Gasteiger partial charge in [0.15, 0.2) is 5.96 Å². The van der Waals surface area contributed by atoms with Crippen molar-refractivity contribution >= 4 is 16.0 Å². The van der Waals surface area contributed by atoms with E-state index in [0.717, 1.165) is 23.5 Å². The fourth-order valence-electron chi connectivity index (χ4n) is 2.26. The fraction of sp³-hybridized carbons (Fsp3) is 0.438. The molecule has 0 aliphatic rings. The van der Waals surface area contributed by atoms with Crippen LogP contribution >= 0.6 is 0 Å². The predicted molar refractivity (Wildman–Crippen MR) is 101 cm³/mol. The number of nitrogens with one attached hydrogen (secondary N) is 3. The largest absolute Gasteiger partial charge is 0.357 e. The molecule has 0 fully saturated rings. The van der Waals surface area contributed by atoms with Gasteiger partial charge >= 0.3 is 0 Å². The molecule has 0 saturated heterocycles. The second-order valence-corrected chi connectivity index (χ2v) is 7.56. The zero-order valence-corrected chi connectivity index (χ0v) is 16.0. The Kier molecular flexibility index (Phi) is 7.10. The Hall–Kier alpha value is -2.46. The van der Waals surface area contributed by atoms with Crippen LogP contribution in [-0.4, -0.2) is 42.7 Å². The van der Waals surface area contributed by atoms with E-state index in [-0.39, 0.29) is 5.75 Å². The third-order valence-corrected chi connectivity index (χ3v) is 4.98. The summed E-state index contributed by atoms with van der Waals surface area (Å²) in [6, 6.07) is 7.40. The average molecular weight is 379 g/mol. The van der Waals surface area contributed by atoms with Crippen molar-refractivity contribution in [3.63, 3.8) is 0 Å². The van der Waals surface area contributed by atoms with Crippen LogP contribution in [0.15, 0.2) is 35.6 Å². The minimum atomic E-state index is -3.29. The standard InChI is InChI=1S/C16H25N7O2S/c1-4-18-16(20-10-15-21-12-22-23(15)3)19-9-13-6-5-7-14(8-13)11-26(24,25)17-2/h5-8,12,17H,4,9-11H2,1-3H3,(H2,18,19,20). The normalized spacial score (nSPS) is 12.2. The van der Waals surface area contributed by atoms with Crippen molar-refractivity contribution < 1.29 is 8.42 Å². The Morgan fingerprint density at radius 3 is 2.69 bits per heavy atom. The molecule has 1 aromatic carbocycles. The number of hydrogen-bond donors (Lipinski definition) is 3. The second-order valence-electron chi connectivity index (χ2n) is 5.63. The highest BCUT2D eigenvalue weighted by Crippen LogP contribution is 2.09. The first kappa shape index (κ1) is 19.9. The van der Waals surface area contributed by atoms with Gasteiger partial charge in [-0.15, -0.1) is 0 Å². The van der Waals surface area contributed by atoms with Crippen LogP contribution in [0.1, 0.15) is 23.9 Å². The molecule has 0 aliphatic heterocycles. The summed E-state index contributed by atoms with van der Waals surface area (Å²) in [7, 11) is -0.0489. The van der Waals surface area contributed by atoms with E-state index in [1.165, 1.54) is 13.4 Å². The van der Waals surface area contributed by atoms with E-state index in [9.17, 15) is 8.42 Å². The Bertz CT molecular complexity index is 846. The van der Waals surface area contributed by atoms with Crippen molar-refractivity contribution in [3.05, 3.63) is 47.5 Å². The summed E-state index contributed by atoms with van der Waals surface area (Å²) in [6.07, 6.45) is 1.51. The van der Waals surface area contributed by atoms with Gasteiger partial charge in [0.25, 0.3) is 0 Å². The lowest BCUT2D eigenvalue weighted by molar-refractivity contribution is 0.587. The van der Waals surface area contributed by atoms with Crippen LogP contribution in [0.4, 0.5) is 0 Å². The Balaban J connectivity index is 2.03. The van der Waals surface area contributed by atoms with Crippen LogP contribution in [0, 0.1) is 0 Å². The molecule has 10 heteroatoms. The van der Waals surface area contributed by atoms with Crippen molar-refractivity contribution in [1.82, 2.24) is 30.1 Å². The smallest absolute Gasteiger partial charge is 0.215 e. The van der Waals surface area contributed by atoms with Crippen molar-refractivity contribution in [2.24, 2.45) is 12.0 Å². The Morgan fingerprint density at radius 1 is 1.27 bits per heavy atom. The van der Waals surface area contributed by atoms with Gasteiger partial charge in [-0.2, -0.15) is 5.10 Å². The number of nitrogens with zero attached hydrogens (tertiary/aromatic N) is 4. The Labute approximate surface area is 154 Å². The second kappa shape index (κ2) is 9.30. The topological polar surface area (TPSA) is 113 Å². The number of guanidine groups is 1. The number of rotatable bonds is 8. The van der Waals surface area contributed by atoms with Gasteiger partial charge in [-0.1, -0.05) is 24.3 Å². The highest BCUT2D eigenvalue weighted by Gasteiger charge is 2.09. The summed E-state index contributed by atoms with van der Waals surface area (Å²) in [5.41, 5.74) is 1.66. The summed E-state index contributed by atoms with van der Waals surface area (Å²) in [5.74, 6) is 1.41. The predicted octanol–water partition coefficient (Wildman–Crippen LogP) is 0.120. The molecule has 1 heterocycles. The third kappa shape index (κ3) is 6.12. The lowest BCUT2D eigenvalue weighted by Crippen LogP contribution is -2.37. The van der Waals surface area contributed by atoms with E-state index < -0.39 is 10.0 Å². The van der Waals surface area contributed by atoms with Crippen LogP contribution in [0.2, 0.25) is 0 Å². The molecule has 3 N–H and O–H groups in total. The molecule has 26 heavy (non-hydrogen) atoms. The summed E-state index contributed by atoms with van der Waals surface area (Å²) in [6.45, 7) is 3.65. The van der Waals surface area contributed by atoms with Gasteiger partial charge in [0, 0.05) is 13.6 Å². The van der Waals surface area contributed by atoms with Gasteiger partial charge in [0.1, 0.15) is 12.2 Å². The summed E-state index contributed by atoms with van der Waals surface area (Å²) in [5, 5.41) is 10.4. The fourth-order valence-corrected chi connectivity index (χ4v) is 3.03. The molecule has 1 aromatic heterocycles. The molecule has 142 valence electrons. The maximum Gasteiger partial charge on any atom is 0.215 e. The molecular formula is C16H25N7O2S. The Morgan fingerprint density at radius 2 is 2.04 bits per heavy atom. The van der Waals surface area contributed by atoms with Crippen molar-refractivity contribution in [2.45, 2.75) is 25.8 Å². The molecule has 0 saturated carbocycles. The van der Waals surface area contributed by atoms with E-state index in [1.54, 1.807) is 10.7 Å². The van der Waals surface area contributed by atoms with E-state index >= 15 is 0 Å². The maximum atomic E-state index is 11.7. The SMILES string of the molecule is CCNC(=NCc1cccc(CS(=O)(=O)NC)c1)NCc1ncnn1C. The van der Waals surface area contributed by atoms with Gasteiger partial charge in [-0.3, -0.25) is 4.68 Å². The van der Waals surface area contributed by atoms with Gasteiger partial charge in [0.2, 0.25) is 10.0 Å². The van der Waals surface area contributed by atoms with Crippen LogP contribution in [0.3, 0.4) is 0 Å². The minimum Gasteiger partial charge on any atom is -0.357 e. The summed E-state index contributed by atoms with van der Waals surface area (Å²) in [4.78, 5) is 8.71. The summed E-state index contributed by atoms with van der Waals surface area (Å²) < 4.78 is 27.4. The molecular weight excluding hydrogens is 354 g/mol. The first-order valence-electron chi connectivity index (χ1n) is 8.27. The molecule has 0 bridgehead atoms. The molecule has 0 unspecified atom stereocenters.